The lowest BCUT2D eigenvalue weighted by Gasteiger charge is -2.14. The fourth-order valence-corrected chi connectivity index (χ4v) is 2.24. The smallest absolute Gasteiger partial charge is 0.405 e. The van der Waals surface area contributed by atoms with Crippen LogP contribution >= 0.6 is 0 Å². The summed E-state index contributed by atoms with van der Waals surface area (Å²) in [4.78, 5) is 11.9. The van der Waals surface area contributed by atoms with Gasteiger partial charge >= 0.3 is 6.36 Å². The number of nitrogens with one attached hydrogen (secondary N) is 1. The molecule has 3 N–H and O–H groups in total. The van der Waals surface area contributed by atoms with E-state index in [1.807, 2.05) is 0 Å². The number of halogens is 3. The molecule has 116 valence electrons. The minimum atomic E-state index is -4.74. The van der Waals surface area contributed by atoms with Crippen LogP contribution in [0.2, 0.25) is 0 Å². The fraction of sp³-hybridized carbons (Fsp3) is 0.500. The summed E-state index contributed by atoms with van der Waals surface area (Å²) in [6.45, 7) is 2.09. The summed E-state index contributed by atoms with van der Waals surface area (Å²) in [5, 5.41) is 2.73. The lowest BCUT2D eigenvalue weighted by molar-refractivity contribution is -0.274. The monoisotopic (exact) mass is 302 g/mol. The van der Waals surface area contributed by atoms with Crippen molar-refractivity contribution in [2.24, 2.45) is 11.7 Å². The highest BCUT2D eigenvalue weighted by Gasteiger charge is 2.46. The van der Waals surface area contributed by atoms with Crippen LogP contribution in [0.4, 0.5) is 13.2 Å². The quantitative estimate of drug-likeness (QED) is 0.876. The molecule has 1 saturated carbocycles. The molecular weight excluding hydrogens is 285 g/mol. The van der Waals surface area contributed by atoms with E-state index < -0.39 is 6.36 Å². The predicted octanol–water partition coefficient (Wildman–Crippen LogP) is 2.15. The van der Waals surface area contributed by atoms with Crippen LogP contribution < -0.4 is 15.8 Å². The first-order valence-corrected chi connectivity index (χ1v) is 6.67. The van der Waals surface area contributed by atoms with E-state index in [0.717, 1.165) is 0 Å². The molecule has 1 aliphatic carbocycles. The van der Waals surface area contributed by atoms with Gasteiger partial charge in [0.05, 0.1) is 0 Å². The topological polar surface area (TPSA) is 64.3 Å². The lowest BCUT2D eigenvalue weighted by Crippen LogP contribution is -2.38. The van der Waals surface area contributed by atoms with Crippen molar-refractivity contribution in [3.8, 4) is 5.75 Å². The molecule has 0 bridgehead atoms. The Labute approximate surface area is 120 Å². The van der Waals surface area contributed by atoms with Gasteiger partial charge in [0.1, 0.15) is 5.75 Å². The maximum Gasteiger partial charge on any atom is 0.573 e. The van der Waals surface area contributed by atoms with Gasteiger partial charge in [-0.2, -0.15) is 0 Å². The third kappa shape index (κ3) is 4.10. The van der Waals surface area contributed by atoms with E-state index in [4.69, 9.17) is 5.73 Å². The normalized spacial score (nSPS) is 22.5. The van der Waals surface area contributed by atoms with Crippen molar-refractivity contribution in [2.45, 2.75) is 31.7 Å². The van der Waals surface area contributed by atoms with Gasteiger partial charge in [0.15, 0.2) is 0 Å². The summed E-state index contributed by atoms with van der Waals surface area (Å²) in [6.07, 6.45) is -4.22. The molecule has 1 aromatic carbocycles. The zero-order valence-electron chi connectivity index (χ0n) is 11.5. The van der Waals surface area contributed by atoms with Gasteiger partial charge in [-0.15, -0.1) is 13.2 Å². The molecule has 1 fully saturated rings. The number of alkyl halides is 3. The van der Waals surface area contributed by atoms with Crippen LogP contribution in [0, 0.1) is 5.92 Å². The Morgan fingerprint density at radius 1 is 1.48 bits per heavy atom. The molecule has 2 rings (SSSR count). The first kappa shape index (κ1) is 15.6. The summed E-state index contributed by atoms with van der Waals surface area (Å²) in [6, 6.07) is 5.78. The molecule has 4 nitrogen and oxygen atoms in total. The molecule has 0 aromatic heterocycles. The predicted molar refractivity (Wildman–Crippen MR) is 70.6 cm³/mol. The Kier molecular flexibility index (Phi) is 4.41. The molecule has 0 radical (unpaired) electrons. The van der Waals surface area contributed by atoms with Gasteiger partial charge < -0.3 is 15.8 Å². The SMILES string of the molecule is C[C@@H](CN)NC(=O)C1CC1c1ccccc1OC(F)(F)F. The maximum atomic E-state index is 12.4. The van der Waals surface area contributed by atoms with Crippen LogP contribution in [0.15, 0.2) is 24.3 Å². The molecule has 3 atom stereocenters. The zero-order chi connectivity index (χ0) is 15.6. The number of hydrogen-bond acceptors (Lipinski definition) is 3. The molecule has 1 amide bonds. The average Bonchev–Trinajstić information content (AvgIpc) is 3.17. The number of benzene rings is 1. The molecule has 0 spiro atoms. The summed E-state index contributed by atoms with van der Waals surface area (Å²) >= 11 is 0. The van der Waals surface area contributed by atoms with Crippen molar-refractivity contribution in [3.63, 3.8) is 0 Å². The Morgan fingerprint density at radius 2 is 2.14 bits per heavy atom. The highest BCUT2D eigenvalue weighted by Crippen LogP contribution is 2.51. The Bertz CT molecular complexity index is 519. The van der Waals surface area contributed by atoms with Gasteiger partial charge in [-0.05, 0) is 30.9 Å². The van der Waals surface area contributed by atoms with Gasteiger partial charge in [0.2, 0.25) is 5.91 Å². The van der Waals surface area contributed by atoms with Crippen molar-refractivity contribution >= 4 is 5.91 Å². The summed E-state index contributed by atoms with van der Waals surface area (Å²) in [5.74, 6) is -0.984. The number of para-hydroxylation sites is 1. The molecular formula is C14H17F3N2O2. The number of rotatable bonds is 5. The number of ether oxygens (including phenoxy) is 1. The van der Waals surface area contributed by atoms with Crippen molar-refractivity contribution < 1.29 is 22.7 Å². The number of amides is 1. The van der Waals surface area contributed by atoms with Crippen molar-refractivity contribution in [1.29, 1.82) is 0 Å². The van der Waals surface area contributed by atoms with Crippen LogP contribution in [0.1, 0.15) is 24.8 Å². The van der Waals surface area contributed by atoms with E-state index in [0.29, 0.717) is 18.5 Å². The van der Waals surface area contributed by atoms with Crippen molar-refractivity contribution in [3.05, 3.63) is 29.8 Å². The van der Waals surface area contributed by atoms with E-state index in [1.165, 1.54) is 12.1 Å². The lowest BCUT2D eigenvalue weighted by atomic mass is 10.1. The molecule has 0 aliphatic heterocycles. The standard InChI is InChI=1S/C14H17F3N2O2/c1-8(7-18)19-13(20)11-6-10(11)9-4-2-3-5-12(9)21-14(15,16)17/h2-5,8,10-11H,6-7,18H2,1H3,(H,19,20)/t8-,10?,11?/m0/s1. The molecule has 0 heterocycles. The molecule has 7 heteroatoms. The molecule has 1 aliphatic rings. The largest absolute Gasteiger partial charge is 0.573 e. The van der Waals surface area contributed by atoms with Crippen LogP contribution in [0.5, 0.6) is 5.75 Å². The first-order valence-electron chi connectivity index (χ1n) is 6.67. The van der Waals surface area contributed by atoms with Gasteiger partial charge in [0, 0.05) is 18.5 Å². The summed E-state index contributed by atoms with van der Waals surface area (Å²) < 4.78 is 41.1. The Balaban J connectivity index is 2.06. The number of nitrogens with two attached hydrogens (primary N) is 1. The van der Waals surface area contributed by atoms with E-state index in [1.54, 1.807) is 19.1 Å². The van der Waals surface area contributed by atoms with Crippen molar-refractivity contribution in [2.75, 3.05) is 6.54 Å². The van der Waals surface area contributed by atoms with Gasteiger partial charge in [0.25, 0.3) is 0 Å². The molecule has 0 saturated heterocycles. The van der Waals surface area contributed by atoms with Crippen LogP contribution in [0.25, 0.3) is 0 Å². The minimum Gasteiger partial charge on any atom is -0.405 e. The zero-order valence-corrected chi connectivity index (χ0v) is 11.5. The molecule has 2 unspecified atom stereocenters. The highest BCUT2D eigenvalue weighted by molar-refractivity contribution is 5.83. The second kappa shape index (κ2) is 5.93. The molecule has 21 heavy (non-hydrogen) atoms. The number of carbonyl (C=O) groups is 1. The third-order valence-corrected chi connectivity index (χ3v) is 3.41. The van der Waals surface area contributed by atoms with E-state index >= 15 is 0 Å². The average molecular weight is 302 g/mol. The van der Waals surface area contributed by atoms with Crippen LogP contribution in [-0.2, 0) is 4.79 Å². The number of carbonyl (C=O) groups excluding carboxylic acids is 1. The van der Waals surface area contributed by atoms with E-state index in [9.17, 15) is 18.0 Å². The minimum absolute atomic E-state index is 0.152. The highest BCUT2D eigenvalue weighted by atomic mass is 19.4. The maximum absolute atomic E-state index is 12.4. The van der Waals surface area contributed by atoms with E-state index in [2.05, 4.69) is 10.1 Å². The van der Waals surface area contributed by atoms with Crippen LogP contribution in [-0.4, -0.2) is 24.9 Å². The van der Waals surface area contributed by atoms with Gasteiger partial charge in [-0.3, -0.25) is 4.79 Å². The Hall–Kier alpha value is -1.76. The van der Waals surface area contributed by atoms with Crippen molar-refractivity contribution in [1.82, 2.24) is 5.32 Å². The fourth-order valence-electron chi connectivity index (χ4n) is 2.24. The van der Waals surface area contributed by atoms with Gasteiger partial charge in [-0.1, -0.05) is 18.2 Å². The molecule has 1 aromatic rings. The van der Waals surface area contributed by atoms with Crippen LogP contribution in [0.3, 0.4) is 0 Å². The third-order valence-electron chi connectivity index (χ3n) is 3.41. The Morgan fingerprint density at radius 3 is 2.76 bits per heavy atom. The summed E-state index contributed by atoms with van der Waals surface area (Å²) in [7, 11) is 0. The number of hydrogen-bond donors (Lipinski definition) is 2. The summed E-state index contributed by atoms with van der Waals surface area (Å²) in [5.41, 5.74) is 5.83. The van der Waals surface area contributed by atoms with Gasteiger partial charge in [-0.25, -0.2) is 0 Å². The second-order valence-electron chi connectivity index (χ2n) is 5.18. The van der Waals surface area contributed by atoms with E-state index in [-0.39, 0.29) is 29.5 Å². The second-order valence-corrected chi connectivity index (χ2v) is 5.18. The first-order chi connectivity index (χ1) is 9.81.